The lowest BCUT2D eigenvalue weighted by atomic mass is 10.0. The number of carbonyl (C=O) groups is 3. The third-order valence-corrected chi connectivity index (χ3v) is 5.77. The van der Waals surface area contributed by atoms with E-state index in [-0.39, 0.29) is 38.3 Å². The molecule has 1 heterocycles. The molecule has 1 rings (SSSR count). The summed E-state index contributed by atoms with van der Waals surface area (Å²) in [7, 11) is 0. The molecule has 11 nitrogen and oxygen atoms in total. The molecule has 1 saturated heterocycles. The molecule has 216 valence electrons. The first-order chi connectivity index (χ1) is 17.1. The summed E-state index contributed by atoms with van der Waals surface area (Å²) in [6, 6.07) is 0. The van der Waals surface area contributed by atoms with Crippen LogP contribution in [-0.2, 0) is 38.1 Å². The number of aliphatic hydroxyl groups is 1. The standard InChI is InChI=1S/C26H47NO10/c1-19(2)33-17-20(18-35-24(3,4)11-14-28)36-26(7,8)13-16-34-25(5,6)12-15-32-23(31)37-27-21(29)9-10-22(27)30/h19-20,28H,9-18H2,1-8H3. The first-order valence-electron chi connectivity index (χ1n) is 12.9. The van der Waals surface area contributed by atoms with Crippen LogP contribution in [0.25, 0.3) is 0 Å². The van der Waals surface area contributed by atoms with Crippen molar-refractivity contribution in [2.75, 3.05) is 33.0 Å². The van der Waals surface area contributed by atoms with Gasteiger partial charge < -0.3 is 28.8 Å². The average Bonchev–Trinajstić information content (AvgIpc) is 3.07. The van der Waals surface area contributed by atoms with Crippen molar-refractivity contribution in [1.82, 2.24) is 5.06 Å². The predicted molar refractivity (Wildman–Crippen MR) is 135 cm³/mol. The Balaban J connectivity index is 2.46. The molecule has 0 aliphatic carbocycles. The number of rotatable bonds is 18. The van der Waals surface area contributed by atoms with Gasteiger partial charge in [-0.2, -0.15) is 0 Å². The number of hydroxylamine groups is 2. The van der Waals surface area contributed by atoms with Crippen LogP contribution in [0.1, 0.15) is 87.5 Å². The molecule has 0 radical (unpaired) electrons. The van der Waals surface area contributed by atoms with E-state index < -0.39 is 34.8 Å². The summed E-state index contributed by atoms with van der Waals surface area (Å²) in [6.07, 6.45) is 0.193. The van der Waals surface area contributed by atoms with Gasteiger partial charge in [-0.05, 0) is 68.2 Å². The second-order valence-corrected chi connectivity index (χ2v) is 11.3. The number of hydrogen-bond acceptors (Lipinski definition) is 10. The van der Waals surface area contributed by atoms with Crippen LogP contribution in [0.15, 0.2) is 0 Å². The van der Waals surface area contributed by atoms with Crippen LogP contribution in [0.2, 0.25) is 0 Å². The number of carbonyl (C=O) groups excluding carboxylic acids is 3. The van der Waals surface area contributed by atoms with E-state index in [0.717, 1.165) is 0 Å². The lowest BCUT2D eigenvalue weighted by Crippen LogP contribution is -2.40. The Labute approximate surface area is 221 Å². The van der Waals surface area contributed by atoms with Gasteiger partial charge in [0, 0.05) is 25.9 Å². The molecule has 1 aliphatic rings. The zero-order chi connectivity index (χ0) is 28.3. The fourth-order valence-corrected chi connectivity index (χ4v) is 3.37. The Morgan fingerprint density at radius 1 is 0.865 bits per heavy atom. The summed E-state index contributed by atoms with van der Waals surface area (Å²) in [4.78, 5) is 39.5. The SMILES string of the molecule is CC(C)OCC(COC(C)(C)CCO)OC(C)(C)CCOC(C)(C)CCOC(=O)ON1C(=O)CCC1=O. The molecule has 2 amide bonds. The maximum absolute atomic E-state index is 11.8. The fourth-order valence-electron chi connectivity index (χ4n) is 3.37. The molecule has 0 saturated carbocycles. The van der Waals surface area contributed by atoms with Crippen LogP contribution in [0.5, 0.6) is 0 Å². The second-order valence-electron chi connectivity index (χ2n) is 11.3. The summed E-state index contributed by atoms with van der Waals surface area (Å²) in [5, 5.41) is 9.69. The molecule has 0 bridgehead atoms. The third kappa shape index (κ3) is 14.1. The molecule has 0 aromatic carbocycles. The largest absolute Gasteiger partial charge is 0.533 e. The van der Waals surface area contributed by atoms with Crippen LogP contribution in [-0.4, -0.2) is 90.2 Å². The molecular formula is C26H47NO10. The highest BCUT2D eigenvalue weighted by Gasteiger charge is 2.34. The van der Waals surface area contributed by atoms with Crippen LogP contribution in [0.3, 0.4) is 0 Å². The highest BCUT2D eigenvalue weighted by molar-refractivity contribution is 6.01. The molecule has 11 heteroatoms. The predicted octanol–water partition coefficient (Wildman–Crippen LogP) is 3.55. The van der Waals surface area contributed by atoms with Crippen LogP contribution < -0.4 is 0 Å². The molecule has 1 unspecified atom stereocenters. The molecule has 1 aliphatic heterocycles. The molecule has 0 spiro atoms. The monoisotopic (exact) mass is 533 g/mol. The van der Waals surface area contributed by atoms with Gasteiger partial charge in [-0.1, -0.05) is 5.06 Å². The quantitative estimate of drug-likeness (QED) is 0.206. The van der Waals surface area contributed by atoms with E-state index in [1.54, 1.807) is 0 Å². The second kappa shape index (κ2) is 15.0. The van der Waals surface area contributed by atoms with Crippen LogP contribution in [0.4, 0.5) is 4.79 Å². The van der Waals surface area contributed by atoms with E-state index >= 15 is 0 Å². The van der Waals surface area contributed by atoms with Gasteiger partial charge in [0.05, 0.1) is 49.3 Å². The summed E-state index contributed by atoms with van der Waals surface area (Å²) >= 11 is 0. The summed E-state index contributed by atoms with van der Waals surface area (Å²) < 4.78 is 29.1. The molecule has 1 atom stereocenters. The van der Waals surface area contributed by atoms with Crippen LogP contribution >= 0.6 is 0 Å². The number of hydrogen-bond donors (Lipinski definition) is 1. The Bertz CT molecular complexity index is 719. The summed E-state index contributed by atoms with van der Waals surface area (Å²) in [5.41, 5.74) is -1.60. The Hall–Kier alpha value is -1.79. The van der Waals surface area contributed by atoms with Gasteiger partial charge in [0.1, 0.15) is 6.10 Å². The lowest BCUT2D eigenvalue weighted by Gasteiger charge is -2.34. The van der Waals surface area contributed by atoms with E-state index in [9.17, 15) is 19.5 Å². The lowest BCUT2D eigenvalue weighted by molar-refractivity contribution is -0.177. The molecule has 0 aromatic rings. The topological polar surface area (TPSA) is 130 Å². The van der Waals surface area contributed by atoms with E-state index in [1.165, 1.54) is 0 Å². The van der Waals surface area contributed by atoms with Gasteiger partial charge >= 0.3 is 6.16 Å². The van der Waals surface area contributed by atoms with Crippen molar-refractivity contribution in [2.45, 2.75) is 117 Å². The number of amides is 2. The number of imide groups is 1. The van der Waals surface area contributed by atoms with Crippen molar-refractivity contribution in [1.29, 1.82) is 0 Å². The Morgan fingerprint density at radius 3 is 2.00 bits per heavy atom. The average molecular weight is 534 g/mol. The zero-order valence-corrected chi connectivity index (χ0v) is 23.8. The van der Waals surface area contributed by atoms with Crippen LogP contribution in [0, 0.1) is 0 Å². The molecular weight excluding hydrogens is 486 g/mol. The first kappa shape index (κ1) is 33.2. The normalized spacial score (nSPS) is 16.0. The van der Waals surface area contributed by atoms with Gasteiger partial charge in [-0.25, -0.2) is 4.79 Å². The Kier molecular flexibility index (Phi) is 13.4. The van der Waals surface area contributed by atoms with Gasteiger partial charge in [-0.3, -0.25) is 14.4 Å². The number of aliphatic hydroxyl groups excluding tert-OH is 1. The highest BCUT2D eigenvalue weighted by atomic mass is 16.8. The zero-order valence-electron chi connectivity index (χ0n) is 23.8. The fraction of sp³-hybridized carbons (Fsp3) is 0.885. The first-order valence-corrected chi connectivity index (χ1v) is 12.9. The van der Waals surface area contributed by atoms with Crippen molar-refractivity contribution in [2.24, 2.45) is 0 Å². The van der Waals surface area contributed by atoms with E-state index in [4.69, 9.17) is 23.7 Å². The van der Waals surface area contributed by atoms with Crippen molar-refractivity contribution in [3.8, 4) is 0 Å². The Morgan fingerprint density at radius 2 is 1.43 bits per heavy atom. The molecule has 37 heavy (non-hydrogen) atoms. The van der Waals surface area contributed by atoms with E-state index in [2.05, 4.69) is 4.84 Å². The van der Waals surface area contributed by atoms with Gasteiger partial charge in [0.2, 0.25) is 0 Å². The molecule has 1 fully saturated rings. The summed E-state index contributed by atoms with van der Waals surface area (Å²) in [6.45, 7) is 16.6. The van der Waals surface area contributed by atoms with Crippen molar-refractivity contribution in [3.05, 3.63) is 0 Å². The minimum Gasteiger partial charge on any atom is -0.433 e. The highest BCUT2D eigenvalue weighted by Crippen LogP contribution is 2.23. The maximum atomic E-state index is 11.8. The van der Waals surface area contributed by atoms with Crippen molar-refractivity contribution >= 4 is 18.0 Å². The van der Waals surface area contributed by atoms with Crippen molar-refractivity contribution < 1.29 is 48.0 Å². The van der Waals surface area contributed by atoms with Gasteiger partial charge in [0.15, 0.2) is 0 Å². The minimum absolute atomic E-state index is 0.00245. The van der Waals surface area contributed by atoms with Gasteiger partial charge in [0.25, 0.3) is 11.8 Å². The molecule has 1 N–H and O–H groups in total. The van der Waals surface area contributed by atoms with E-state index in [1.807, 2.05) is 55.4 Å². The number of ether oxygens (including phenoxy) is 5. The summed E-state index contributed by atoms with van der Waals surface area (Å²) in [5.74, 6) is -1.12. The van der Waals surface area contributed by atoms with Gasteiger partial charge in [-0.15, -0.1) is 0 Å². The smallest absolute Gasteiger partial charge is 0.433 e. The maximum Gasteiger partial charge on any atom is 0.533 e. The third-order valence-electron chi connectivity index (χ3n) is 5.77. The van der Waals surface area contributed by atoms with E-state index in [0.29, 0.717) is 44.1 Å². The van der Waals surface area contributed by atoms with Crippen molar-refractivity contribution in [3.63, 3.8) is 0 Å². The molecule has 0 aromatic heterocycles. The minimum atomic E-state index is -1.10. The number of nitrogens with zero attached hydrogens (tertiary/aromatic N) is 1.